The Bertz CT molecular complexity index is 1380. The number of fused-ring (bicyclic) bond motifs is 2. The molecular weight excluding hydrogens is 475 g/mol. The van der Waals surface area contributed by atoms with Crippen LogP contribution in [0.25, 0.3) is 26.4 Å². The molecule has 0 spiro atoms. The van der Waals surface area contributed by atoms with Gasteiger partial charge >= 0.3 is 0 Å². The first kappa shape index (κ1) is 21.6. The molecule has 0 aliphatic carbocycles. The van der Waals surface area contributed by atoms with Crippen molar-refractivity contribution in [1.82, 2.24) is 14.4 Å². The summed E-state index contributed by atoms with van der Waals surface area (Å²) in [5.41, 5.74) is 3.54. The molecule has 0 aliphatic heterocycles. The summed E-state index contributed by atoms with van der Waals surface area (Å²) in [5.74, 6) is 0.642. The molecule has 0 saturated carbocycles. The summed E-state index contributed by atoms with van der Waals surface area (Å²) in [5, 5.41) is 6.11. The monoisotopic (exact) mass is 490 g/mol. The van der Waals surface area contributed by atoms with Gasteiger partial charge in [0.1, 0.15) is 5.75 Å². The average molecular weight is 491 g/mol. The van der Waals surface area contributed by atoms with Gasteiger partial charge < -0.3 is 10.1 Å². The van der Waals surface area contributed by atoms with Crippen LogP contribution >= 0.6 is 46.7 Å². The zero-order chi connectivity index (χ0) is 20.7. The second-order valence-corrected chi connectivity index (χ2v) is 8.89. The van der Waals surface area contributed by atoms with E-state index >= 15 is 0 Å². The second kappa shape index (κ2) is 8.84. The van der Waals surface area contributed by atoms with Crippen LogP contribution in [-0.2, 0) is 11.2 Å². The van der Waals surface area contributed by atoms with Gasteiger partial charge in [-0.3, -0.25) is 9.20 Å². The fourth-order valence-corrected chi connectivity index (χ4v) is 5.04. The number of carbonyl (C=O) groups is 1. The summed E-state index contributed by atoms with van der Waals surface area (Å²) >= 11 is 8.90. The number of rotatable bonds is 5. The number of halogens is 2. The zero-order valence-electron chi connectivity index (χ0n) is 16.2. The SMILES string of the molecule is COc1ccc2nc(NC(=O)Cc3csc4nc(-c5ccc(Cl)cc5)cn34)sc2c1.Cl. The third kappa shape index (κ3) is 4.38. The van der Waals surface area contributed by atoms with Crippen LogP contribution in [0.4, 0.5) is 5.13 Å². The fourth-order valence-electron chi connectivity index (χ4n) is 3.13. The molecule has 158 valence electrons. The van der Waals surface area contributed by atoms with Crippen LogP contribution in [0.15, 0.2) is 54.0 Å². The third-order valence-corrected chi connectivity index (χ3v) is 6.68. The van der Waals surface area contributed by atoms with Gasteiger partial charge in [0.25, 0.3) is 0 Å². The Balaban J connectivity index is 0.00000231. The highest BCUT2D eigenvalue weighted by Crippen LogP contribution is 2.29. The molecule has 6 nitrogen and oxygen atoms in total. The van der Waals surface area contributed by atoms with Crippen LogP contribution in [0.2, 0.25) is 5.02 Å². The van der Waals surface area contributed by atoms with Crippen LogP contribution < -0.4 is 10.1 Å². The van der Waals surface area contributed by atoms with E-state index in [-0.39, 0.29) is 24.7 Å². The van der Waals surface area contributed by atoms with Gasteiger partial charge in [-0.05, 0) is 30.3 Å². The predicted molar refractivity (Wildman–Crippen MR) is 129 cm³/mol. The number of nitrogens with one attached hydrogen (secondary N) is 1. The topological polar surface area (TPSA) is 68.5 Å². The number of nitrogens with zero attached hydrogens (tertiary/aromatic N) is 3. The molecule has 0 unspecified atom stereocenters. The van der Waals surface area contributed by atoms with Crippen molar-refractivity contribution in [1.29, 1.82) is 0 Å². The normalized spacial score (nSPS) is 10.9. The average Bonchev–Trinajstić information content (AvgIpc) is 3.43. The summed E-state index contributed by atoms with van der Waals surface area (Å²) in [6.07, 6.45) is 2.18. The van der Waals surface area contributed by atoms with Crippen molar-refractivity contribution in [2.45, 2.75) is 6.42 Å². The zero-order valence-corrected chi connectivity index (χ0v) is 19.4. The molecule has 5 rings (SSSR count). The van der Waals surface area contributed by atoms with Gasteiger partial charge in [0.05, 0.1) is 29.4 Å². The Morgan fingerprint density at radius 3 is 2.77 bits per heavy atom. The predicted octanol–water partition coefficient (Wildman–Crippen LogP) is 5.94. The summed E-state index contributed by atoms with van der Waals surface area (Å²) in [6.45, 7) is 0. The Kier molecular flexibility index (Phi) is 6.15. The van der Waals surface area contributed by atoms with Gasteiger partial charge in [0, 0.05) is 27.9 Å². The van der Waals surface area contributed by atoms with Gasteiger partial charge in [-0.1, -0.05) is 35.1 Å². The molecular formula is C21H16Cl2N4O2S2. The Hall–Kier alpha value is -2.65. The summed E-state index contributed by atoms with van der Waals surface area (Å²) in [7, 11) is 1.63. The lowest BCUT2D eigenvalue weighted by Gasteiger charge is -2.01. The third-order valence-electron chi connectivity index (χ3n) is 4.61. The molecule has 2 aromatic carbocycles. The molecule has 0 saturated heterocycles. The van der Waals surface area contributed by atoms with Crippen LogP contribution in [0.3, 0.4) is 0 Å². The van der Waals surface area contributed by atoms with Crippen LogP contribution in [0.5, 0.6) is 5.75 Å². The molecule has 3 heterocycles. The van der Waals surface area contributed by atoms with Gasteiger partial charge in [-0.25, -0.2) is 9.97 Å². The van der Waals surface area contributed by atoms with Crippen molar-refractivity contribution < 1.29 is 9.53 Å². The first-order valence-corrected chi connectivity index (χ1v) is 11.1. The van der Waals surface area contributed by atoms with Gasteiger partial charge in [0.2, 0.25) is 5.91 Å². The number of amides is 1. The van der Waals surface area contributed by atoms with E-state index < -0.39 is 0 Å². The van der Waals surface area contributed by atoms with E-state index in [1.807, 2.05) is 58.4 Å². The second-order valence-electron chi connectivity index (χ2n) is 6.59. The molecule has 1 amide bonds. The number of hydrogen-bond donors (Lipinski definition) is 1. The number of ether oxygens (including phenoxy) is 1. The van der Waals surface area contributed by atoms with Gasteiger partial charge in [-0.2, -0.15) is 0 Å². The first-order chi connectivity index (χ1) is 14.6. The van der Waals surface area contributed by atoms with Crippen LogP contribution in [0, 0.1) is 0 Å². The molecule has 0 atom stereocenters. The lowest BCUT2D eigenvalue weighted by Crippen LogP contribution is -2.15. The molecule has 0 bridgehead atoms. The summed E-state index contributed by atoms with van der Waals surface area (Å²) in [6, 6.07) is 13.2. The van der Waals surface area contributed by atoms with Gasteiger partial charge in [0.15, 0.2) is 10.1 Å². The van der Waals surface area contributed by atoms with E-state index in [0.717, 1.165) is 37.9 Å². The highest BCUT2D eigenvalue weighted by molar-refractivity contribution is 7.22. The minimum atomic E-state index is -0.123. The molecule has 5 aromatic rings. The van der Waals surface area contributed by atoms with E-state index in [2.05, 4.69) is 15.3 Å². The Labute approximate surface area is 196 Å². The van der Waals surface area contributed by atoms with Gasteiger partial charge in [-0.15, -0.1) is 23.7 Å². The standard InChI is InChI=1S/C21H15ClN4O2S2.ClH/c1-28-15-6-7-16-18(9-15)30-20(23-16)25-19(27)8-14-11-29-21-24-17(10-26(14)21)12-2-4-13(22)5-3-12;/h2-7,9-11H,8H2,1H3,(H,23,25,27);1H. The lowest BCUT2D eigenvalue weighted by molar-refractivity contribution is -0.115. The molecule has 0 aliphatic rings. The number of imidazole rings is 1. The summed E-state index contributed by atoms with van der Waals surface area (Å²) < 4.78 is 8.16. The van der Waals surface area contributed by atoms with Crippen molar-refractivity contribution in [2.24, 2.45) is 0 Å². The maximum atomic E-state index is 12.6. The molecule has 3 aromatic heterocycles. The molecule has 10 heteroatoms. The smallest absolute Gasteiger partial charge is 0.232 e. The maximum Gasteiger partial charge on any atom is 0.232 e. The minimum absolute atomic E-state index is 0. The van der Waals surface area contributed by atoms with E-state index in [1.165, 1.54) is 22.7 Å². The van der Waals surface area contributed by atoms with Crippen molar-refractivity contribution in [3.8, 4) is 17.0 Å². The number of thiazole rings is 2. The molecule has 0 radical (unpaired) electrons. The molecule has 0 fully saturated rings. The Morgan fingerprint density at radius 2 is 2.00 bits per heavy atom. The highest BCUT2D eigenvalue weighted by atomic mass is 35.5. The Morgan fingerprint density at radius 1 is 1.19 bits per heavy atom. The number of anilines is 1. The molecule has 1 N–H and O–H groups in total. The molecule has 31 heavy (non-hydrogen) atoms. The largest absolute Gasteiger partial charge is 0.497 e. The van der Waals surface area contributed by atoms with E-state index in [0.29, 0.717) is 10.2 Å². The van der Waals surface area contributed by atoms with E-state index in [1.54, 1.807) is 7.11 Å². The minimum Gasteiger partial charge on any atom is -0.497 e. The highest BCUT2D eigenvalue weighted by Gasteiger charge is 2.14. The quantitative estimate of drug-likeness (QED) is 0.331. The number of benzene rings is 2. The van der Waals surface area contributed by atoms with Crippen molar-refractivity contribution in [2.75, 3.05) is 12.4 Å². The number of carbonyl (C=O) groups excluding carboxylic acids is 1. The van der Waals surface area contributed by atoms with Crippen molar-refractivity contribution in [3.63, 3.8) is 0 Å². The van der Waals surface area contributed by atoms with E-state index in [9.17, 15) is 4.79 Å². The van der Waals surface area contributed by atoms with Crippen LogP contribution in [0.1, 0.15) is 5.69 Å². The number of aromatic nitrogens is 3. The van der Waals surface area contributed by atoms with Crippen molar-refractivity contribution >= 4 is 72.9 Å². The van der Waals surface area contributed by atoms with Crippen LogP contribution in [-0.4, -0.2) is 27.4 Å². The fraction of sp³-hybridized carbons (Fsp3) is 0.0952. The maximum absolute atomic E-state index is 12.6. The first-order valence-electron chi connectivity index (χ1n) is 9.05. The van der Waals surface area contributed by atoms with E-state index in [4.69, 9.17) is 16.3 Å². The summed E-state index contributed by atoms with van der Waals surface area (Å²) in [4.78, 5) is 22.6. The lowest BCUT2D eigenvalue weighted by atomic mass is 10.2. The van der Waals surface area contributed by atoms with Crippen molar-refractivity contribution in [3.05, 3.63) is 64.8 Å². The number of hydrogen-bond acceptors (Lipinski definition) is 6. The number of methoxy groups -OCH3 is 1.